The van der Waals surface area contributed by atoms with Gasteiger partial charge in [-0.05, 0) is 25.5 Å². The van der Waals surface area contributed by atoms with Crippen LogP contribution in [0.3, 0.4) is 0 Å². The summed E-state index contributed by atoms with van der Waals surface area (Å²) in [6.45, 7) is 5.69. The van der Waals surface area contributed by atoms with Crippen molar-refractivity contribution < 1.29 is 14.1 Å². The summed E-state index contributed by atoms with van der Waals surface area (Å²) in [5.74, 6) is 0.179. The number of halogens is 1. The van der Waals surface area contributed by atoms with Gasteiger partial charge in [-0.25, -0.2) is 4.79 Å². The van der Waals surface area contributed by atoms with E-state index in [4.69, 9.17) is 9.26 Å². The van der Waals surface area contributed by atoms with Crippen LogP contribution in [0.25, 0.3) is 11.3 Å². The van der Waals surface area contributed by atoms with Gasteiger partial charge >= 0.3 is 5.97 Å². The highest BCUT2D eigenvalue weighted by Crippen LogP contribution is 2.35. The minimum Gasteiger partial charge on any atom is -0.459 e. The Morgan fingerprint density at radius 3 is 2.76 bits per heavy atom. The molecule has 0 spiro atoms. The van der Waals surface area contributed by atoms with Crippen molar-refractivity contribution in [2.24, 2.45) is 0 Å². The van der Waals surface area contributed by atoms with Crippen molar-refractivity contribution in [3.8, 4) is 11.3 Å². The Morgan fingerprint density at radius 2 is 2.05 bits per heavy atom. The molecule has 0 N–H and O–H groups in total. The predicted molar refractivity (Wildman–Crippen MR) is 81.7 cm³/mol. The largest absolute Gasteiger partial charge is 0.459 e. The fourth-order valence-corrected chi connectivity index (χ4v) is 2.69. The smallest absolute Gasteiger partial charge is 0.334 e. The number of hydrogen-bond donors (Lipinski definition) is 0. The van der Waals surface area contributed by atoms with Crippen LogP contribution in [0.2, 0.25) is 0 Å². The quantitative estimate of drug-likeness (QED) is 0.606. The molecular weight excluding hydrogens is 334 g/mol. The molecule has 2 unspecified atom stereocenters. The molecule has 1 aliphatic rings. The number of esters is 1. The number of hydrogen-bond acceptors (Lipinski definition) is 4. The van der Waals surface area contributed by atoms with Crippen molar-refractivity contribution in [2.75, 3.05) is 0 Å². The second kappa shape index (κ2) is 5.48. The normalized spacial score (nSPS) is 22.2. The van der Waals surface area contributed by atoms with Crippen molar-refractivity contribution in [1.29, 1.82) is 0 Å². The number of ether oxygens (including phenoxy) is 1. The average molecular weight is 348 g/mol. The second-order valence-electron chi connectivity index (χ2n) is 5.15. The van der Waals surface area contributed by atoms with E-state index >= 15 is 0 Å². The maximum Gasteiger partial charge on any atom is 0.334 e. The molecule has 0 amide bonds. The van der Waals surface area contributed by atoms with E-state index in [1.165, 1.54) is 0 Å². The Kier molecular flexibility index (Phi) is 3.68. The van der Waals surface area contributed by atoms with Crippen LogP contribution >= 0.6 is 15.9 Å². The third-order valence-electron chi connectivity index (χ3n) is 3.57. The summed E-state index contributed by atoms with van der Waals surface area (Å²) in [6, 6.07) is 9.64. The first-order chi connectivity index (χ1) is 10.0. The highest BCUT2D eigenvalue weighted by Gasteiger charge is 2.33. The molecule has 5 heteroatoms. The maximum atomic E-state index is 11.7. The Balaban J connectivity index is 1.89. The van der Waals surface area contributed by atoms with E-state index < -0.39 is 0 Å². The van der Waals surface area contributed by atoms with Gasteiger partial charge in [0.25, 0.3) is 0 Å². The summed E-state index contributed by atoms with van der Waals surface area (Å²) in [5, 5.41) is 4.10. The number of rotatable bonds is 2. The molecule has 1 fully saturated rings. The minimum atomic E-state index is -0.355. The molecule has 1 saturated heterocycles. The van der Waals surface area contributed by atoms with E-state index in [0.717, 1.165) is 15.7 Å². The fraction of sp³-hybridized carbons (Fsp3) is 0.250. The van der Waals surface area contributed by atoms with Gasteiger partial charge in [-0.15, -0.1) is 0 Å². The summed E-state index contributed by atoms with van der Waals surface area (Å²) in [5.41, 5.74) is 2.10. The van der Waals surface area contributed by atoms with Gasteiger partial charge < -0.3 is 9.26 Å². The number of benzene rings is 1. The first-order valence-electron chi connectivity index (χ1n) is 6.67. The molecule has 2 aromatic rings. The van der Waals surface area contributed by atoms with E-state index in [0.29, 0.717) is 17.8 Å². The van der Waals surface area contributed by atoms with E-state index in [2.05, 4.69) is 27.7 Å². The molecule has 1 aliphatic heterocycles. The van der Waals surface area contributed by atoms with Crippen LogP contribution < -0.4 is 0 Å². The van der Waals surface area contributed by atoms with Crippen LogP contribution in [0.4, 0.5) is 0 Å². The minimum absolute atomic E-state index is 0.138. The molecule has 0 radical (unpaired) electrons. The molecule has 21 heavy (non-hydrogen) atoms. The number of aromatic nitrogens is 1. The zero-order valence-electron chi connectivity index (χ0n) is 11.5. The van der Waals surface area contributed by atoms with Crippen LogP contribution in [0.15, 0.2) is 51.5 Å². The molecule has 3 rings (SSSR count). The fourth-order valence-electron chi connectivity index (χ4n) is 2.43. The third-order valence-corrected chi connectivity index (χ3v) is 4.10. The van der Waals surface area contributed by atoms with Crippen molar-refractivity contribution in [2.45, 2.75) is 25.4 Å². The maximum absolute atomic E-state index is 11.7. The monoisotopic (exact) mass is 347 g/mol. The zero-order valence-corrected chi connectivity index (χ0v) is 13.1. The summed E-state index contributed by atoms with van der Waals surface area (Å²) in [4.78, 5) is 11.7. The summed E-state index contributed by atoms with van der Waals surface area (Å²) in [7, 11) is 0. The molecular formula is C16H14BrNO3. The van der Waals surface area contributed by atoms with Gasteiger partial charge in [-0.2, -0.15) is 0 Å². The lowest BCUT2D eigenvalue weighted by molar-refractivity contribution is -0.147. The lowest BCUT2D eigenvalue weighted by atomic mass is 9.88. The number of carbonyl (C=O) groups excluding carboxylic acids is 1. The highest BCUT2D eigenvalue weighted by molar-refractivity contribution is 9.10. The van der Waals surface area contributed by atoms with Gasteiger partial charge in [0.2, 0.25) is 0 Å². The Labute approximate surface area is 130 Å². The van der Waals surface area contributed by atoms with Crippen molar-refractivity contribution in [3.05, 3.63) is 52.7 Å². The van der Waals surface area contributed by atoms with E-state index in [-0.39, 0.29) is 18.0 Å². The molecule has 4 nitrogen and oxygen atoms in total. The molecule has 0 saturated carbocycles. The zero-order chi connectivity index (χ0) is 15.0. The lowest BCUT2D eigenvalue weighted by Gasteiger charge is -2.26. The highest BCUT2D eigenvalue weighted by atomic mass is 79.9. The van der Waals surface area contributed by atoms with Crippen LogP contribution in [0.1, 0.15) is 25.0 Å². The van der Waals surface area contributed by atoms with Gasteiger partial charge in [-0.3, -0.25) is 0 Å². The number of nitrogens with zero attached hydrogens (tertiary/aromatic N) is 1. The van der Waals surface area contributed by atoms with E-state index in [9.17, 15) is 4.79 Å². The molecule has 1 aromatic carbocycles. The molecule has 2 atom stereocenters. The Bertz CT molecular complexity index is 690. The molecule has 1 aromatic heterocycles. The van der Waals surface area contributed by atoms with Crippen molar-refractivity contribution in [3.63, 3.8) is 0 Å². The standard InChI is InChI=1S/C16H14BrNO3/c1-9-7-13(10(2)16(19)20-9)14-8-15(21-18-14)11-3-5-12(17)6-4-11/h3-6,8-9,13H,2,7H2,1H3. The molecule has 0 aliphatic carbocycles. The van der Waals surface area contributed by atoms with Crippen molar-refractivity contribution in [1.82, 2.24) is 5.16 Å². The Hall–Kier alpha value is -1.88. The SMILES string of the molecule is C=C1C(=O)OC(C)CC1c1cc(-c2ccc(Br)cc2)on1. The Morgan fingerprint density at radius 1 is 1.33 bits per heavy atom. The second-order valence-corrected chi connectivity index (χ2v) is 6.07. The van der Waals surface area contributed by atoms with Crippen LogP contribution in [0.5, 0.6) is 0 Å². The number of cyclic esters (lactones) is 1. The van der Waals surface area contributed by atoms with Gasteiger partial charge in [0, 0.05) is 27.6 Å². The average Bonchev–Trinajstić information content (AvgIpc) is 2.93. The van der Waals surface area contributed by atoms with Crippen molar-refractivity contribution >= 4 is 21.9 Å². The van der Waals surface area contributed by atoms with Crippen LogP contribution in [-0.2, 0) is 9.53 Å². The molecule has 2 heterocycles. The van der Waals surface area contributed by atoms with Crippen LogP contribution in [-0.4, -0.2) is 17.2 Å². The predicted octanol–water partition coefficient (Wildman–Crippen LogP) is 4.08. The van der Waals surface area contributed by atoms with E-state index in [1.807, 2.05) is 37.3 Å². The van der Waals surface area contributed by atoms with Gasteiger partial charge in [0.15, 0.2) is 5.76 Å². The lowest BCUT2D eigenvalue weighted by Crippen LogP contribution is -2.28. The van der Waals surface area contributed by atoms with E-state index in [1.54, 1.807) is 0 Å². The topological polar surface area (TPSA) is 52.3 Å². The van der Waals surface area contributed by atoms with Gasteiger partial charge in [-0.1, -0.05) is 39.8 Å². The van der Waals surface area contributed by atoms with Gasteiger partial charge in [0.1, 0.15) is 6.10 Å². The van der Waals surface area contributed by atoms with Crippen LogP contribution in [0, 0.1) is 0 Å². The first kappa shape index (κ1) is 14.1. The molecule has 0 bridgehead atoms. The summed E-state index contributed by atoms with van der Waals surface area (Å²) >= 11 is 3.40. The third kappa shape index (κ3) is 2.78. The first-order valence-corrected chi connectivity index (χ1v) is 7.46. The summed E-state index contributed by atoms with van der Waals surface area (Å²) < 4.78 is 11.6. The number of carbonyl (C=O) groups is 1. The molecule has 108 valence electrons. The van der Waals surface area contributed by atoms with Gasteiger partial charge in [0.05, 0.1) is 5.69 Å². The summed E-state index contributed by atoms with van der Waals surface area (Å²) in [6.07, 6.45) is 0.539.